The second-order valence-electron chi connectivity index (χ2n) is 4.47. The number of carboxylic acid groups (broad SMARTS) is 1. The van der Waals surface area contributed by atoms with Crippen molar-refractivity contribution in [2.24, 2.45) is 0 Å². The van der Waals surface area contributed by atoms with Gasteiger partial charge in [0.15, 0.2) is 5.60 Å². The van der Waals surface area contributed by atoms with Gasteiger partial charge in [-0.05, 0) is 38.1 Å². The Balaban J connectivity index is 2.56. The molecule has 0 aliphatic carbocycles. The molecular weight excluding hydrogens is 270 g/mol. The van der Waals surface area contributed by atoms with E-state index >= 15 is 0 Å². The molecule has 0 saturated heterocycles. The van der Waals surface area contributed by atoms with Gasteiger partial charge in [-0.25, -0.2) is 0 Å². The summed E-state index contributed by atoms with van der Waals surface area (Å²) in [7, 11) is 0. The van der Waals surface area contributed by atoms with Crippen molar-refractivity contribution in [3.05, 3.63) is 29.3 Å². The predicted octanol–water partition coefficient (Wildman–Crippen LogP) is 2.09. The summed E-state index contributed by atoms with van der Waals surface area (Å²) in [5, 5.41) is 11.6. The van der Waals surface area contributed by atoms with Crippen LogP contribution in [0.3, 0.4) is 0 Å². The van der Waals surface area contributed by atoms with Gasteiger partial charge in [-0.3, -0.25) is 9.59 Å². The summed E-state index contributed by atoms with van der Waals surface area (Å²) in [6.07, 6.45) is -0.122. The predicted molar refractivity (Wildman–Crippen MR) is 71.4 cm³/mol. The van der Waals surface area contributed by atoms with Gasteiger partial charge >= 0.3 is 5.97 Å². The normalized spacial score (nSPS) is 10.9. The number of carbonyl (C=O) groups is 2. The molecule has 0 aliphatic rings. The highest BCUT2D eigenvalue weighted by molar-refractivity contribution is 6.30. The van der Waals surface area contributed by atoms with E-state index in [9.17, 15) is 9.59 Å². The quantitative estimate of drug-likeness (QED) is 0.839. The van der Waals surface area contributed by atoms with Crippen molar-refractivity contribution in [3.63, 3.8) is 0 Å². The number of carbonyl (C=O) groups excluding carboxylic acids is 1. The molecule has 0 saturated carbocycles. The number of aliphatic carboxylic acids is 1. The molecule has 104 valence electrons. The number of nitrogens with one attached hydrogen (secondary N) is 1. The fourth-order valence-corrected chi connectivity index (χ4v) is 1.47. The second kappa shape index (κ2) is 6.43. The van der Waals surface area contributed by atoms with Crippen molar-refractivity contribution in [2.45, 2.75) is 25.9 Å². The van der Waals surface area contributed by atoms with Crippen LogP contribution in [0.15, 0.2) is 24.3 Å². The summed E-state index contributed by atoms with van der Waals surface area (Å²) in [6.45, 7) is 3.29. The third-order valence-electron chi connectivity index (χ3n) is 2.36. The first-order valence-electron chi connectivity index (χ1n) is 5.76. The minimum atomic E-state index is -1.09. The summed E-state index contributed by atoms with van der Waals surface area (Å²) in [5.41, 5.74) is -1.09. The molecule has 1 aromatic rings. The van der Waals surface area contributed by atoms with E-state index in [0.29, 0.717) is 10.8 Å². The molecule has 1 amide bonds. The van der Waals surface area contributed by atoms with Crippen LogP contribution < -0.4 is 10.1 Å². The number of carboxylic acids is 1. The maximum Gasteiger partial charge on any atom is 0.305 e. The van der Waals surface area contributed by atoms with Crippen LogP contribution in [0.25, 0.3) is 0 Å². The molecule has 0 heterocycles. The number of rotatable bonds is 6. The molecule has 19 heavy (non-hydrogen) atoms. The summed E-state index contributed by atoms with van der Waals surface area (Å²) < 4.78 is 5.56. The van der Waals surface area contributed by atoms with Crippen molar-refractivity contribution in [3.8, 4) is 5.75 Å². The lowest BCUT2D eigenvalue weighted by molar-refractivity contribution is -0.137. The Kier molecular flexibility index (Phi) is 5.18. The maximum atomic E-state index is 11.9. The first-order valence-corrected chi connectivity index (χ1v) is 6.14. The zero-order valence-electron chi connectivity index (χ0n) is 10.8. The Bertz CT molecular complexity index is 456. The molecule has 2 N–H and O–H groups in total. The van der Waals surface area contributed by atoms with Gasteiger partial charge in [0.1, 0.15) is 5.75 Å². The lowest BCUT2D eigenvalue weighted by atomic mass is 10.1. The lowest BCUT2D eigenvalue weighted by Crippen LogP contribution is -2.47. The summed E-state index contributed by atoms with van der Waals surface area (Å²) >= 11 is 5.75. The van der Waals surface area contributed by atoms with Crippen molar-refractivity contribution in [1.82, 2.24) is 5.32 Å². The van der Waals surface area contributed by atoms with Crippen molar-refractivity contribution < 1.29 is 19.4 Å². The zero-order chi connectivity index (χ0) is 14.5. The summed E-state index contributed by atoms with van der Waals surface area (Å²) in [6, 6.07) is 6.65. The van der Waals surface area contributed by atoms with Crippen LogP contribution in [0.5, 0.6) is 5.75 Å². The summed E-state index contributed by atoms with van der Waals surface area (Å²) in [5.74, 6) is -0.816. The zero-order valence-corrected chi connectivity index (χ0v) is 11.5. The van der Waals surface area contributed by atoms with Gasteiger partial charge in [-0.2, -0.15) is 0 Å². The van der Waals surface area contributed by atoms with Gasteiger partial charge in [0, 0.05) is 11.6 Å². The number of hydrogen-bond acceptors (Lipinski definition) is 3. The third-order valence-corrected chi connectivity index (χ3v) is 2.61. The number of hydrogen-bond donors (Lipinski definition) is 2. The third kappa shape index (κ3) is 5.18. The largest absolute Gasteiger partial charge is 0.481 e. The van der Waals surface area contributed by atoms with Crippen LogP contribution in [0.4, 0.5) is 0 Å². The van der Waals surface area contributed by atoms with Crippen molar-refractivity contribution >= 4 is 23.5 Å². The van der Waals surface area contributed by atoms with E-state index in [-0.39, 0.29) is 18.9 Å². The fraction of sp³-hybridized carbons (Fsp3) is 0.385. The molecule has 5 nitrogen and oxygen atoms in total. The molecule has 0 radical (unpaired) electrons. The summed E-state index contributed by atoms with van der Waals surface area (Å²) in [4.78, 5) is 22.2. The van der Waals surface area contributed by atoms with E-state index < -0.39 is 11.6 Å². The number of amides is 1. The van der Waals surface area contributed by atoms with Gasteiger partial charge in [-0.15, -0.1) is 0 Å². The lowest BCUT2D eigenvalue weighted by Gasteiger charge is -2.25. The van der Waals surface area contributed by atoms with Gasteiger partial charge < -0.3 is 15.2 Å². The fourth-order valence-electron chi connectivity index (χ4n) is 1.34. The van der Waals surface area contributed by atoms with E-state index in [1.54, 1.807) is 38.1 Å². The SMILES string of the molecule is CC(C)(Oc1ccc(Cl)cc1)C(=O)NCCC(=O)O. The van der Waals surface area contributed by atoms with Crippen molar-refractivity contribution in [1.29, 1.82) is 0 Å². The van der Waals surface area contributed by atoms with Crippen LogP contribution >= 0.6 is 11.6 Å². The average Bonchev–Trinajstić information content (AvgIpc) is 2.31. The Hall–Kier alpha value is -1.75. The molecule has 6 heteroatoms. The molecule has 0 unspecified atom stereocenters. The topological polar surface area (TPSA) is 75.6 Å². The van der Waals surface area contributed by atoms with E-state index in [0.717, 1.165) is 0 Å². The van der Waals surface area contributed by atoms with Crippen LogP contribution in [0.1, 0.15) is 20.3 Å². The molecular formula is C13H16ClNO4. The highest BCUT2D eigenvalue weighted by Crippen LogP contribution is 2.20. The van der Waals surface area contributed by atoms with Crippen LogP contribution in [0, 0.1) is 0 Å². The molecule has 1 aromatic carbocycles. The monoisotopic (exact) mass is 285 g/mol. The minimum Gasteiger partial charge on any atom is -0.481 e. The first kappa shape index (κ1) is 15.3. The Morgan fingerprint density at radius 1 is 1.32 bits per heavy atom. The van der Waals surface area contributed by atoms with Gasteiger partial charge in [0.25, 0.3) is 5.91 Å². The number of ether oxygens (including phenoxy) is 1. The van der Waals surface area contributed by atoms with Crippen LogP contribution in [-0.2, 0) is 9.59 Å². The molecule has 0 atom stereocenters. The molecule has 0 spiro atoms. The highest BCUT2D eigenvalue weighted by atomic mass is 35.5. The van der Waals surface area contributed by atoms with Gasteiger partial charge in [0.05, 0.1) is 6.42 Å². The van der Waals surface area contributed by atoms with Crippen molar-refractivity contribution in [2.75, 3.05) is 6.54 Å². The van der Waals surface area contributed by atoms with E-state index in [2.05, 4.69) is 5.32 Å². The number of halogens is 1. The highest BCUT2D eigenvalue weighted by Gasteiger charge is 2.29. The smallest absolute Gasteiger partial charge is 0.305 e. The van der Waals surface area contributed by atoms with Gasteiger partial charge in [-0.1, -0.05) is 11.6 Å². The molecule has 0 fully saturated rings. The second-order valence-corrected chi connectivity index (χ2v) is 4.90. The van der Waals surface area contributed by atoms with Crippen LogP contribution in [-0.4, -0.2) is 29.1 Å². The van der Waals surface area contributed by atoms with E-state index in [4.69, 9.17) is 21.4 Å². The van der Waals surface area contributed by atoms with E-state index in [1.807, 2.05) is 0 Å². The van der Waals surface area contributed by atoms with E-state index in [1.165, 1.54) is 0 Å². The number of benzene rings is 1. The Labute approximate surface area is 116 Å². The minimum absolute atomic E-state index is 0.0710. The molecule has 0 bridgehead atoms. The standard InChI is InChI=1S/C13H16ClNO4/c1-13(2,12(18)15-8-7-11(16)17)19-10-5-3-9(14)4-6-10/h3-6H,7-8H2,1-2H3,(H,15,18)(H,16,17). The molecule has 0 aliphatic heterocycles. The Morgan fingerprint density at radius 3 is 2.42 bits per heavy atom. The average molecular weight is 286 g/mol. The molecule has 1 rings (SSSR count). The maximum absolute atomic E-state index is 11.9. The first-order chi connectivity index (χ1) is 8.81. The Morgan fingerprint density at radius 2 is 1.89 bits per heavy atom. The molecule has 0 aromatic heterocycles. The van der Waals surface area contributed by atoms with Crippen LogP contribution in [0.2, 0.25) is 5.02 Å². The van der Waals surface area contributed by atoms with Gasteiger partial charge in [0.2, 0.25) is 0 Å².